The molecule has 0 saturated heterocycles. The van der Waals surface area contributed by atoms with Gasteiger partial charge in [-0.2, -0.15) is 4.98 Å². The minimum atomic E-state index is 0.549. The Balaban J connectivity index is 1.93. The maximum atomic E-state index is 5.89. The summed E-state index contributed by atoms with van der Waals surface area (Å²) in [5, 5.41) is 0. The molecular formula is C14H23N3O2. The van der Waals surface area contributed by atoms with Gasteiger partial charge < -0.3 is 20.1 Å². The number of ether oxygens (including phenoxy) is 2. The normalized spacial score (nSPS) is 14.4. The van der Waals surface area contributed by atoms with Gasteiger partial charge >= 0.3 is 0 Å². The van der Waals surface area contributed by atoms with Gasteiger partial charge in [0.15, 0.2) is 0 Å². The summed E-state index contributed by atoms with van der Waals surface area (Å²) in [6.45, 7) is 4.94. The Hall–Kier alpha value is -1.49. The van der Waals surface area contributed by atoms with Crippen molar-refractivity contribution in [2.75, 3.05) is 44.0 Å². The summed E-state index contributed by atoms with van der Waals surface area (Å²) in [5.74, 6) is 2.10. The molecule has 0 aliphatic heterocycles. The van der Waals surface area contributed by atoms with Crippen molar-refractivity contribution in [1.82, 2.24) is 4.98 Å². The van der Waals surface area contributed by atoms with E-state index in [0.717, 1.165) is 25.6 Å². The highest BCUT2D eigenvalue weighted by molar-refractivity contribution is 5.54. The molecule has 1 heterocycles. The second-order valence-corrected chi connectivity index (χ2v) is 4.94. The van der Waals surface area contributed by atoms with Crippen molar-refractivity contribution in [2.45, 2.75) is 19.8 Å². The average molecular weight is 265 g/mol. The lowest BCUT2D eigenvalue weighted by Gasteiger charge is -2.19. The third kappa shape index (κ3) is 4.28. The number of nitrogen functional groups attached to an aromatic ring is 1. The number of nitrogens with two attached hydrogens (primary N) is 1. The van der Waals surface area contributed by atoms with Crippen LogP contribution >= 0.6 is 0 Å². The van der Waals surface area contributed by atoms with Gasteiger partial charge in [0.25, 0.3) is 0 Å². The summed E-state index contributed by atoms with van der Waals surface area (Å²) in [4.78, 5) is 6.51. The van der Waals surface area contributed by atoms with Gasteiger partial charge in [-0.1, -0.05) is 0 Å². The van der Waals surface area contributed by atoms with E-state index < -0.39 is 0 Å². The van der Waals surface area contributed by atoms with Crippen molar-refractivity contribution in [3.05, 3.63) is 12.1 Å². The molecule has 19 heavy (non-hydrogen) atoms. The summed E-state index contributed by atoms with van der Waals surface area (Å²) in [5.41, 5.74) is 6.49. The van der Waals surface area contributed by atoms with Crippen molar-refractivity contribution < 1.29 is 9.47 Å². The Morgan fingerprint density at radius 1 is 1.42 bits per heavy atom. The zero-order chi connectivity index (χ0) is 13.7. The maximum absolute atomic E-state index is 5.89. The summed E-state index contributed by atoms with van der Waals surface area (Å²) in [6.07, 6.45) is 2.52. The molecule has 5 nitrogen and oxygen atoms in total. The quantitative estimate of drug-likeness (QED) is 0.728. The van der Waals surface area contributed by atoms with Crippen LogP contribution in [0.15, 0.2) is 12.1 Å². The molecule has 1 aliphatic rings. The van der Waals surface area contributed by atoms with E-state index in [1.807, 2.05) is 31.0 Å². The summed E-state index contributed by atoms with van der Waals surface area (Å²) < 4.78 is 11.0. The molecule has 0 bridgehead atoms. The summed E-state index contributed by atoms with van der Waals surface area (Å²) in [6, 6.07) is 3.76. The van der Waals surface area contributed by atoms with Gasteiger partial charge in [-0.15, -0.1) is 0 Å². The highest BCUT2D eigenvalue weighted by Crippen LogP contribution is 2.31. The average Bonchev–Trinajstić information content (AvgIpc) is 3.22. The molecule has 0 unspecified atom stereocenters. The van der Waals surface area contributed by atoms with Gasteiger partial charge in [-0.25, -0.2) is 0 Å². The van der Waals surface area contributed by atoms with Crippen LogP contribution in [-0.4, -0.2) is 38.4 Å². The van der Waals surface area contributed by atoms with E-state index in [1.165, 1.54) is 12.8 Å². The van der Waals surface area contributed by atoms with Gasteiger partial charge in [-0.05, 0) is 37.8 Å². The van der Waals surface area contributed by atoms with Gasteiger partial charge in [0, 0.05) is 20.2 Å². The molecular weight excluding hydrogens is 242 g/mol. The van der Waals surface area contributed by atoms with Crippen molar-refractivity contribution in [3.63, 3.8) is 0 Å². The highest BCUT2D eigenvalue weighted by atomic mass is 16.5. The van der Waals surface area contributed by atoms with Crippen molar-refractivity contribution in [2.24, 2.45) is 5.92 Å². The van der Waals surface area contributed by atoms with Crippen LogP contribution in [0.1, 0.15) is 19.8 Å². The topological polar surface area (TPSA) is 60.6 Å². The predicted octanol–water partition coefficient (Wildman–Crippen LogP) is 1.93. The van der Waals surface area contributed by atoms with Crippen LogP contribution < -0.4 is 15.4 Å². The Morgan fingerprint density at radius 2 is 2.21 bits per heavy atom. The van der Waals surface area contributed by atoms with Crippen LogP contribution in [0.2, 0.25) is 0 Å². The Morgan fingerprint density at radius 3 is 2.89 bits per heavy atom. The lowest BCUT2D eigenvalue weighted by molar-refractivity contribution is 0.154. The van der Waals surface area contributed by atoms with E-state index in [2.05, 4.69) is 4.98 Å². The zero-order valence-electron chi connectivity index (χ0n) is 11.8. The number of nitrogens with zero attached hydrogens (tertiary/aromatic N) is 2. The van der Waals surface area contributed by atoms with Gasteiger partial charge in [0.1, 0.15) is 5.82 Å². The Bertz CT molecular complexity index is 408. The molecule has 5 heteroatoms. The van der Waals surface area contributed by atoms with Crippen LogP contribution in [0.4, 0.5) is 11.5 Å². The van der Waals surface area contributed by atoms with Gasteiger partial charge in [0.05, 0.1) is 18.9 Å². The minimum Gasteiger partial charge on any atom is -0.476 e. The third-order valence-electron chi connectivity index (χ3n) is 3.19. The van der Waals surface area contributed by atoms with Gasteiger partial charge in [0.2, 0.25) is 5.88 Å². The Labute approximate surface area is 114 Å². The first-order valence-electron chi connectivity index (χ1n) is 6.89. The van der Waals surface area contributed by atoms with E-state index in [9.17, 15) is 0 Å². The molecule has 0 radical (unpaired) electrons. The molecule has 1 aromatic rings. The number of pyridine rings is 1. The van der Waals surface area contributed by atoms with Gasteiger partial charge in [-0.3, -0.25) is 0 Å². The summed E-state index contributed by atoms with van der Waals surface area (Å²) in [7, 11) is 1.99. The van der Waals surface area contributed by atoms with Crippen LogP contribution in [0.25, 0.3) is 0 Å². The second-order valence-electron chi connectivity index (χ2n) is 4.94. The molecule has 2 N–H and O–H groups in total. The van der Waals surface area contributed by atoms with E-state index in [1.54, 1.807) is 0 Å². The fourth-order valence-corrected chi connectivity index (χ4v) is 1.71. The molecule has 0 amide bonds. The van der Waals surface area contributed by atoms with Crippen molar-refractivity contribution in [1.29, 1.82) is 0 Å². The third-order valence-corrected chi connectivity index (χ3v) is 3.19. The molecule has 1 aliphatic carbocycles. The number of likely N-dealkylation sites (N-methyl/N-ethyl adjacent to an activating group) is 1. The van der Waals surface area contributed by atoms with Crippen LogP contribution in [0, 0.1) is 5.92 Å². The molecule has 0 aromatic carbocycles. The zero-order valence-corrected chi connectivity index (χ0v) is 11.8. The molecule has 106 valence electrons. The first kappa shape index (κ1) is 13.9. The molecule has 0 spiro atoms. The molecule has 2 rings (SSSR count). The summed E-state index contributed by atoms with van der Waals surface area (Å²) >= 11 is 0. The van der Waals surface area contributed by atoms with Crippen LogP contribution in [0.5, 0.6) is 5.88 Å². The number of anilines is 2. The standard InChI is InChI=1S/C14H23N3O2/c1-3-18-9-8-17(2)13-7-6-12(15)14(16-13)19-10-11-4-5-11/h6-7,11H,3-5,8-10,15H2,1-2H3. The number of aromatic nitrogens is 1. The largest absolute Gasteiger partial charge is 0.476 e. The van der Waals surface area contributed by atoms with Crippen LogP contribution in [0.3, 0.4) is 0 Å². The van der Waals surface area contributed by atoms with Crippen LogP contribution in [-0.2, 0) is 4.74 Å². The molecule has 1 aromatic heterocycles. The lowest BCUT2D eigenvalue weighted by Crippen LogP contribution is -2.23. The molecule has 1 saturated carbocycles. The molecule has 1 fully saturated rings. The first-order valence-corrected chi connectivity index (χ1v) is 6.89. The monoisotopic (exact) mass is 265 g/mol. The fraction of sp³-hybridized carbons (Fsp3) is 0.643. The van der Waals surface area contributed by atoms with Crippen molar-refractivity contribution in [3.8, 4) is 5.88 Å². The number of hydrogen-bond donors (Lipinski definition) is 1. The first-order chi connectivity index (χ1) is 9.20. The maximum Gasteiger partial charge on any atom is 0.239 e. The number of hydrogen-bond acceptors (Lipinski definition) is 5. The lowest BCUT2D eigenvalue weighted by atomic mass is 10.3. The van der Waals surface area contributed by atoms with E-state index in [-0.39, 0.29) is 0 Å². The predicted molar refractivity (Wildman–Crippen MR) is 76.6 cm³/mol. The van der Waals surface area contributed by atoms with E-state index >= 15 is 0 Å². The molecule has 0 atom stereocenters. The minimum absolute atomic E-state index is 0.549. The van der Waals surface area contributed by atoms with E-state index in [4.69, 9.17) is 15.2 Å². The Kier molecular flexibility index (Phi) is 4.85. The van der Waals surface area contributed by atoms with Crippen molar-refractivity contribution >= 4 is 11.5 Å². The SMILES string of the molecule is CCOCCN(C)c1ccc(N)c(OCC2CC2)n1. The smallest absolute Gasteiger partial charge is 0.239 e. The number of rotatable bonds is 8. The fourth-order valence-electron chi connectivity index (χ4n) is 1.71. The second kappa shape index (κ2) is 6.61. The highest BCUT2D eigenvalue weighted by Gasteiger charge is 2.22. The van der Waals surface area contributed by atoms with E-state index in [0.29, 0.717) is 24.1 Å².